The number of ether oxygens (including phenoxy) is 2. The molecular weight excluding hydrogens is 1340 g/mol. The van der Waals surface area contributed by atoms with Crippen LogP contribution in [0.5, 0.6) is 0 Å². The smallest absolute Gasteiger partial charge is 0.410 e. The molecule has 9 rings (SSSR count). The molecule has 6 N–H and O–H groups in total. The summed E-state index contributed by atoms with van der Waals surface area (Å²) in [6.07, 6.45) is 6.20. The molecule has 4 aromatic rings. The molecule has 2 fully saturated rings. The van der Waals surface area contributed by atoms with E-state index in [-0.39, 0.29) is 60.8 Å². The monoisotopic (exact) mass is 1450 g/mol. The van der Waals surface area contributed by atoms with Gasteiger partial charge in [-0.2, -0.15) is 0 Å². The zero-order valence-electron chi connectivity index (χ0n) is 63.1. The maximum absolute atomic E-state index is 15.9. The van der Waals surface area contributed by atoms with Crippen molar-refractivity contribution in [2.75, 3.05) is 44.8 Å². The van der Waals surface area contributed by atoms with Crippen molar-refractivity contribution in [2.45, 2.75) is 238 Å². The number of carbonyl (C=O) groups excluding carboxylic acids is 11. The van der Waals surface area contributed by atoms with Crippen LogP contribution in [0.15, 0.2) is 91.0 Å². The minimum atomic E-state index is -1.35. The van der Waals surface area contributed by atoms with Crippen molar-refractivity contribution < 1.29 is 62.2 Å². The Balaban J connectivity index is 0.938. The average Bonchev–Trinajstić information content (AvgIpc) is 1.17. The van der Waals surface area contributed by atoms with Crippen molar-refractivity contribution in [3.8, 4) is 0 Å². The third kappa shape index (κ3) is 19.7. The summed E-state index contributed by atoms with van der Waals surface area (Å²) in [5.74, 6) is -4.38. The van der Waals surface area contributed by atoms with Gasteiger partial charge in [-0.15, -0.1) is 11.8 Å². The summed E-state index contributed by atoms with van der Waals surface area (Å²) < 4.78 is 9.93. The fourth-order valence-corrected chi connectivity index (χ4v) is 15.1. The van der Waals surface area contributed by atoms with Crippen LogP contribution in [0.1, 0.15) is 208 Å². The highest BCUT2D eigenvalue weighted by molar-refractivity contribution is 8.01. The molecule has 562 valence electrons. The van der Waals surface area contributed by atoms with Gasteiger partial charge in [-0.05, 0) is 209 Å². The van der Waals surface area contributed by atoms with Gasteiger partial charge in [0, 0.05) is 74.3 Å². The number of anilines is 1. The predicted octanol–water partition coefficient (Wildman–Crippen LogP) is 9.33. The van der Waals surface area contributed by atoms with E-state index in [9.17, 15) is 38.4 Å². The topological polar surface area (TPSA) is 295 Å². The second-order valence-electron chi connectivity index (χ2n) is 32.0. The van der Waals surface area contributed by atoms with E-state index >= 15 is 14.4 Å². The lowest BCUT2D eigenvalue weighted by Crippen LogP contribution is -2.64. The number of aryl methyl sites for hydroxylation is 2. The van der Waals surface area contributed by atoms with E-state index in [4.69, 9.17) is 9.47 Å². The van der Waals surface area contributed by atoms with Crippen LogP contribution < -0.4 is 31.9 Å². The fraction of sp³-hybridized carbons (Fsp3) is 0.557. The fourth-order valence-electron chi connectivity index (χ4n) is 14.1. The van der Waals surface area contributed by atoms with Crippen molar-refractivity contribution in [3.05, 3.63) is 136 Å². The van der Waals surface area contributed by atoms with Crippen LogP contribution in [-0.2, 0) is 68.8 Å². The molecule has 0 radical (unpaired) electrons. The van der Waals surface area contributed by atoms with Gasteiger partial charge in [0.25, 0.3) is 11.8 Å². The number of likely N-dealkylation sites (N-methyl/N-ethyl adjacent to an activating group) is 2. The largest absolute Gasteiger partial charge is 0.444 e. The van der Waals surface area contributed by atoms with Crippen LogP contribution >= 0.6 is 11.8 Å². The molecule has 3 heterocycles. The predicted molar refractivity (Wildman–Crippen MR) is 398 cm³/mol. The number of thioether (sulfide) groups is 1. The molecule has 4 unspecified atom stereocenters. The summed E-state index contributed by atoms with van der Waals surface area (Å²) >= 11 is 1.22. The van der Waals surface area contributed by atoms with Gasteiger partial charge in [0.1, 0.15) is 47.5 Å². The van der Waals surface area contributed by atoms with Crippen LogP contribution in [0, 0.1) is 5.41 Å². The zero-order chi connectivity index (χ0) is 75.9. The minimum Gasteiger partial charge on any atom is -0.444 e. The van der Waals surface area contributed by atoms with Gasteiger partial charge >= 0.3 is 12.2 Å². The van der Waals surface area contributed by atoms with E-state index in [2.05, 4.69) is 38.0 Å². The summed E-state index contributed by atoms with van der Waals surface area (Å²) in [6.45, 7) is 23.3. The molecule has 11 amide bonds. The number of likely N-dealkylation sites (tertiary alicyclic amines) is 2. The summed E-state index contributed by atoms with van der Waals surface area (Å²) in [4.78, 5) is 165. The van der Waals surface area contributed by atoms with Crippen LogP contribution in [0.3, 0.4) is 0 Å². The molecule has 0 spiro atoms. The number of benzene rings is 4. The van der Waals surface area contributed by atoms with E-state index in [1.165, 1.54) is 73.8 Å². The van der Waals surface area contributed by atoms with Crippen molar-refractivity contribution in [2.24, 2.45) is 5.41 Å². The Morgan fingerprint density at radius 3 is 1.56 bits per heavy atom. The standard InChI is InChI=1S/C79H107N11O13S/c1-47(86(14)74(100)102-77(6,7)8)66(92)84-64(76(3,4)5)72(98)90-45-56(43-62(90)71(97)83-60-32-24-28-50-26-18-20-30-58(50)60)81-69(95)52-35-33-51(34-36-52)68(94)80-55-38-37-53-42-61(70(96)82-59-31-23-27-49-25-17-19-29-57(49)59)89(44-54(53)41-55)73(99)65(79(12,13)104-46-63(91)88-39-21-16-22-40-88)85-67(93)48(2)87(15)75(101)103-78(9,10)11/h17-20,25-26,29-30,33-38,41,47-48,56,59-62,64-65H,16,21-24,27-28,31-32,39-40,42-46H2,1-15H3,(H,80,94)(H,81,95)(H,82,96)(H,83,97)(H,84,92)(H,85,93)/t47-,48-,56?,59+,60+,61-,62?,64?,65?/m0/s1. The van der Waals surface area contributed by atoms with Gasteiger partial charge in [-0.3, -0.25) is 53.0 Å². The zero-order valence-corrected chi connectivity index (χ0v) is 63.9. The van der Waals surface area contributed by atoms with Crippen molar-refractivity contribution in [3.63, 3.8) is 0 Å². The SMILES string of the molecule is C[C@@H](C(=O)NC(C(=O)N1CC(NC(=O)c2ccc(C(=O)Nc3ccc4c(c3)CN(C(=O)C(NC(=O)[C@H](C)N(C)C(=O)OC(C)(C)C)C(C)(C)SCC(=O)N3CCCCC3)[C@H](C(=O)N[C@@H]3CCCc5ccccc53)C4)cc2)CC1C(=O)N[C@@H]1CCCc2ccccc21)C(C)(C)C)N(C)C(=O)OC(C)(C)C. The number of fused-ring (bicyclic) bond motifs is 3. The third-order valence-corrected chi connectivity index (χ3v) is 21.7. The highest BCUT2D eigenvalue weighted by atomic mass is 32.2. The maximum Gasteiger partial charge on any atom is 0.410 e. The van der Waals surface area contributed by atoms with Crippen molar-refractivity contribution in [1.82, 2.24) is 51.1 Å². The lowest BCUT2D eigenvalue weighted by molar-refractivity contribution is -0.145. The van der Waals surface area contributed by atoms with Crippen LogP contribution in [-0.4, -0.2) is 188 Å². The number of nitrogens with zero attached hydrogens (tertiary/aromatic N) is 5. The molecule has 24 nitrogen and oxygen atoms in total. The first-order chi connectivity index (χ1) is 48.9. The molecule has 0 saturated carbocycles. The van der Waals surface area contributed by atoms with E-state index in [0.29, 0.717) is 37.2 Å². The number of piperidine rings is 1. The molecular formula is C79H107N11O13S. The summed E-state index contributed by atoms with van der Waals surface area (Å²) in [7, 11) is 2.87. The molecule has 2 aliphatic carbocycles. The first-order valence-electron chi connectivity index (χ1n) is 36.5. The van der Waals surface area contributed by atoms with E-state index < -0.39 is 123 Å². The normalized spacial score (nSPS) is 20.1. The Bertz CT molecular complexity index is 3870. The van der Waals surface area contributed by atoms with Crippen molar-refractivity contribution in [1.29, 1.82) is 0 Å². The molecule has 3 aliphatic heterocycles. The quantitative estimate of drug-likeness (QED) is 0.0481. The average molecular weight is 1450 g/mol. The van der Waals surface area contributed by atoms with Crippen LogP contribution in [0.2, 0.25) is 0 Å². The lowest BCUT2D eigenvalue weighted by Gasteiger charge is -2.43. The van der Waals surface area contributed by atoms with Crippen LogP contribution in [0.4, 0.5) is 15.3 Å². The number of carbonyl (C=O) groups is 11. The second-order valence-corrected chi connectivity index (χ2v) is 33.7. The summed E-state index contributed by atoms with van der Waals surface area (Å²) in [5, 5.41) is 18.4. The summed E-state index contributed by atoms with van der Waals surface area (Å²) in [5.41, 5.74) is 3.77. The van der Waals surface area contributed by atoms with Gasteiger partial charge in [0.15, 0.2) is 0 Å². The highest BCUT2D eigenvalue weighted by Crippen LogP contribution is 2.37. The second kappa shape index (κ2) is 33.0. The summed E-state index contributed by atoms with van der Waals surface area (Å²) in [6, 6.07) is 18.9. The molecule has 0 bridgehead atoms. The molecule has 9 atom stereocenters. The van der Waals surface area contributed by atoms with Gasteiger partial charge < -0.3 is 56.1 Å². The number of rotatable bonds is 20. The molecule has 25 heteroatoms. The van der Waals surface area contributed by atoms with Gasteiger partial charge in [-0.1, -0.05) is 75.4 Å². The Kier molecular flexibility index (Phi) is 25.1. The van der Waals surface area contributed by atoms with Gasteiger partial charge in [0.2, 0.25) is 41.4 Å². The third-order valence-electron chi connectivity index (χ3n) is 20.4. The van der Waals surface area contributed by atoms with Crippen LogP contribution in [0.25, 0.3) is 0 Å². The molecule has 104 heavy (non-hydrogen) atoms. The molecule has 0 aromatic heterocycles. The van der Waals surface area contributed by atoms with E-state index in [1.54, 1.807) is 88.3 Å². The number of amides is 11. The number of hydrogen-bond donors (Lipinski definition) is 6. The van der Waals surface area contributed by atoms with Gasteiger partial charge in [0.05, 0.1) is 17.8 Å². The van der Waals surface area contributed by atoms with Crippen molar-refractivity contribution >= 4 is 82.8 Å². The molecule has 2 saturated heterocycles. The van der Waals surface area contributed by atoms with E-state index in [0.717, 1.165) is 82.6 Å². The first-order valence-corrected chi connectivity index (χ1v) is 37.5. The Labute approximate surface area is 616 Å². The maximum atomic E-state index is 15.9. The lowest BCUT2D eigenvalue weighted by atomic mass is 9.85. The Morgan fingerprint density at radius 1 is 0.548 bits per heavy atom. The molecule has 4 aromatic carbocycles. The number of nitrogens with one attached hydrogen (secondary N) is 6. The Morgan fingerprint density at radius 2 is 1.04 bits per heavy atom. The molecule has 5 aliphatic rings. The van der Waals surface area contributed by atoms with Gasteiger partial charge in [-0.25, -0.2) is 9.59 Å². The highest BCUT2D eigenvalue weighted by Gasteiger charge is 2.49. The minimum absolute atomic E-state index is 0.0117. The van der Waals surface area contributed by atoms with E-state index in [1.807, 2.05) is 53.4 Å². The number of hydrogen-bond acceptors (Lipinski definition) is 14. The Hall–Kier alpha value is -9.00. The first kappa shape index (κ1) is 79.1.